The van der Waals surface area contributed by atoms with Crippen LogP contribution in [0.3, 0.4) is 0 Å². The van der Waals surface area contributed by atoms with Gasteiger partial charge in [0.15, 0.2) is 0 Å². The molecule has 1 heterocycles. The molecule has 0 spiro atoms. The molecule has 4 bridgehead atoms. The highest BCUT2D eigenvalue weighted by molar-refractivity contribution is 6.33. The third kappa shape index (κ3) is 9.54. The van der Waals surface area contributed by atoms with E-state index in [0.29, 0.717) is 60.1 Å². The number of amides is 2. The zero-order valence-electron chi connectivity index (χ0n) is 27.8. The minimum atomic E-state index is -1.26. The number of anilines is 1. The van der Waals surface area contributed by atoms with Crippen molar-refractivity contribution in [1.29, 1.82) is 0 Å². The standard InChI is InChI=1S/C30H45ClN4O4.C4H4O4.H2O/c1-4-19(28(38)33-27-20-9-18-10-21(27)14-30(39,12-18)13-20)11-25(36)23(32)15-34-16-26(37)35(17-29(34,2)3)24-8-6-5-7-22(24)31;5-3(6)1-2-4(7)8;/h5-8,18-21,23,25,27,36,39H,4,9-17,32H2,1-3H3,(H,33,38);1-2H,(H,5,6)(H,7,8);1H2/b;2-1+;/t18?,19-,20?,21?,23+,25+,27?,30?;;/m1../s1. The minimum Gasteiger partial charge on any atom is -0.478 e. The van der Waals surface area contributed by atoms with E-state index in [2.05, 4.69) is 19.2 Å². The number of rotatable bonds is 11. The van der Waals surface area contributed by atoms with Crippen LogP contribution < -0.4 is 16.0 Å². The van der Waals surface area contributed by atoms with Crippen LogP contribution in [0.25, 0.3) is 0 Å². The topological polar surface area (TPSA) is 225 Å². The van der Waals surface area contributed by atoms with Crippen molar-refractivity contribution < 1.29 is 45.1 Å². The Hall–Kier alpha value is -3.07. The highest BCUT2D eigenvalue weighted by Gasteiger charge is 2.55. The van der Waals surface area contributed by atoms with Crippen molar-refractivity contribution in [3.05, 3.63) is 41.4 Å². The van der Waals surface area contributed by atoms with Crippen LogP contribution in [-0.4, -0.2) is 104 Å². The molecule has 268 valence electrons. The van der Waals surface area contributed by atoms with Gasteiger partial charge in [-0.05, 0) is 88.7 Å². The third-order valence-corrected chi connectivity index (χ3v) is 10.7. The van der Waals surface area contributed by atoms with Gasteiger partial charge < -0.3 is 41.9 Å². The smallest absolute Gasteiger partial charge is 0.328 e. The van der Waals surface area contributed by atoms with Gasteiger partial charge >= 0.3 is 11.9 Å². The molecule has 1 aromatic carbocycles. The van der Waals surface area contributed by atoms with Crippen LogP contribution in [0.4, 0.5) is 5.69 Å². The van der Waals surface area contributed by atoms with Crippen molar-refractivity contribution in [3.63, 3.8) is 0 Å². The van der Waals surface area contributed by atoms with Gasteiger partial charge in [-0.1, -0.05) is 30.7 Å². The van der Waals surface area contributed by atoms with E-state index in [-0.39, 0.29) is 47.8 Å². The van der Waals surface area contributed by atoms with E-state index in [1.807, 2.05) is 30.0 Å². The first-order chi connectivity index (χ1) is 22.0. The second kappa shape index (κ2) is 16.1. The van der Waals surface area contributed by atoms with Crippen LogP contribution in [0.1, 0.15) is 65.7 Å². The first kappa shape index (κ1) is 39.4. The first-order valence-electron chi connectivity index (χ1n) is 16.4. The van der Waals surface area contributed by atoms with Gasteiger partial charge in [-0.2, -0.15) is 0 Å². The van der Waals surface area contributed by atoms with Gasteiger partial charge in [0.05, 0.1) is 29.0 Å². The second-order valence-corrected chi connectivity index (χ2v) is 14.8. The van der Waals surface area contributed by atoms with Crippen LogP contribution in [-0.2, 0) is 19.2 Å². The van der Waals surface area contributed by atoms with Crippen molar-refractivity contribution in [2.75, 3.05) is 24.5 Å². The number of para-hydroxylation sites is 1. The molecule has 5 aliphatic rings. The van der Waals surface area contributed by atoms with Crippen molar-refractivity contribution in [1.82, 2.24) is 10.2 Å². The number of nitrogens with one attached hydrogen (secondary N) is 1. The Morgan fingerprint density at radius 3 is 2.19 bits per heavy atom. The Morgan fingerprint density at radius 1 is 1.08 bits per heavy atom. The molecule has 6 rings (SSSR count). The number of aliphatic hydroxyl groups excluding tert-OH is 1. The van der Waals surface area contributed by atoms with E-state index >= 15 is 0 Å². The number of carboxylic acids is 2. The average molecular weight is 695 g/mol. The third-order valence-electron chi connectivity index (χ3n) is 10.4. The maximum atomic E-state index is 13.3. The largest absolute Gasteiger partial charge is 0.478 e. The van der Waals surface area contributed by atoms with Gasteiger partial charge in [-0.3, -0.25) is 14.5 Å². The van der Waals surface area contributed by atoms with Crippen molar-refractivity contribution in [2.45, 2.75) is 95.0 Å². The summed E-state index contributed by atoms with van der Waals surface area (Å²) >= 11 is 6.36. The van der Waals surface area contributed by atoms with E-state index < -0.39 is 29.7 Å². The lowest BCUT2D eigenvalue weighted by Gasteiger charge is -2.58. The molecule has 4 aliphatic carbocycles. The fraction of sp³-hybridized carbons (Fsp3) is 0.647. The zero-order chi connectivity index (χ0) is 34.7. The fourth-order valence-electron chi connectivity index (χ4n) is 8.18. The number of carbonyl (C=O) groups excluding carboxylic acids is 2. The van der Waals surface area contributed by atoms with Gasteiger partial charge in [0.1, 0.15) is 0 Å². The van der Waals surface area contributed by atoms with Crippen LogP contribution >= 0.6 is 11.6 Å². The normalized spacial score (nSPS) is 29.3. The maximum Gasteiger partial charge on any atom is 0.328 e. The monoisotopic (exact) mass is 694 g/mol. The number of aliphatic hydroxyl groups is 2. The van der Waals surface area contributed by atoms with Gasteiger partial charge in [-0.25, -0.2) is 9.59 Å². The Labute approximate surface area is 286 Å². The Kier molecular flexibility index (Phi) is 13.2. The summed E-state index contributed by atoms with van der Waals surface area (Å²) in [6.07, 6.45) is 5.81. The highest BCUT2D eigenvalue weighted by atomic mass is 35.5. The lowest BCUT2D eigenvalue weighted by Crippen LogP contribution is -2.64. The molecule has 4 saturated carbocycles. The molecule has 0 aromatic heterocycles. The van der Waals surface area contributed by atoms with Crippen LogP contribution in [0.2, 0.25) is 5.02 Å². The van der Waals surface area contributed by atoms with E-state index in [1.54, 1.807) is 11.0 Å². The number of hydrogen-bond donors (Lipinski definition) is 6. The van der Waals surface area contributed by atoms with Crippen molar-refractivity contribution in [3.8, 4) is 0 Å². The number of nitrogens with zero attached hydrogens (tertiary/aromatic N) is 2. The lowest BCUT2D eigenvalue weighted by atomic mass is 9.52. The average Bonchev–Trinajstić information content (AvgIpc) is 2.98. The van der Waals surface area contributed by atoms with E-state index in [0.717, 1.165) is 32.1 Å². The summed E-state index contributed by atoms with van der Waals surface area (Å²) in [6, 6.07) is 6.86. The van der Waals surface area contributed by atoms with E-state index in [1.165, 1.54) is 0 Å². The molecule has 9 N–H and O–H groups in total. The summed E-state index contributed by atoms with van der Waals surface area (Å²) in [7, 11) is 0. The Morgan fingerprint density at radius 2 is 1.67 bits per heavy atom. The quantitative estimate of drug-likeness (QED) is 0.184. The summed E-state index contributed by atoms with van der Waals surface area (Å²) in [6.45, 7) is 7.07. The zero-order valence-corrected chi connectivity index (χ0v) is 28.6. The maximum absolute atomic E-state index is 13.3. The summed E-state index contributed by atoms with van der Waals surface area (Å²) < 4.78 is 0. The SMILES string of the molecule is CC[C@H](C[C@H](O)[C@@H](N)CN1CC(=O)N(c2ccccc2Cl)CC1(C)C)C(=O)NC1C2CC3CC1CC(O)(C3)C2.O.O=C(O)/C=C/C(=O)O. The predicted octanol–water partition coefficient (Wildman–Crippen LogP) is 1.81. The summed E-state index contributed by atoms with van der Waals surface area (Å²) in [4.78, 5) is 49.3. The molecule has 1 saturated heterocycles. The molecule has 1 aliphatic heterocycles. The van der Waals surface area contributed by atoms with Gasteiger partial charge in [-0.15, -0.1) is 0 Å². The molecular formula is C34H51ClN4O9. The molecule has 2 unspecified atom stereocenters. The molecule has 13 nitrogen and oxygen atoms in total. The van der Waals surface area contributed by atoms with Gasteiger partial charge in [0.2, 0.25) is 11.8 Å². The van der Waals surface area contributed by atoms with Crippen molar-refractivity contribution in [2.24, 2.45) is 29.4 Å². The molecule has 48 heavy (non-hydrogen) atoms. The Bertz CT molecular complexity index is 1330. The molecule has 5 fully saturated rings. The number of piperazine rings is 1. The highest BCUT2D eigenvalue weighted by Crippen LogP contribution is 2.55. The number of benzene rings is 1. The molecule has 5 atom stereocenters. The Balaban J connectivity index is 0.000000619. The number of nitrogens with two attached hydrogens (primary N) is 1. The summed E-state index contributed by atoms with van der Waals surface area (Å²) in [5.74, 6) is -1.64. The lowest BCUT2D eigenvalue weighted by molar-refractivity contribution is -0.148. The molecule has 2 amide bonds. The van der Waals surface area contributed by atoms with Crippen LogP contribution in [0.15, 0.2) is 36.4 Å². The number of carbonyl (C=O) groups is 4. The van der Waals surface area contributed by atoms with Gasteiger partial charge in [0, 0.05) is 48.8 Å². The first-order valence-corrected chi connectivity index (χ1v) is 16.8. The van der Waals surface area contributed by atoms with Crippen LogP contribution in [0, 0.1) is 23.7 Å². The predicted molar refractivity (Wildman–Crippen MR) is 180 cm³/mol. The number of carboxylic acid groups (broad SMARTS) is 2. The number of aliphatic carboxylic acids is 2. The summed E-state index contributed by atoms with van der Waals surface area (Å²) in [5, 5.41) is 41.4. The number of halogens is 1. The number of hydrogen-bond acceptors (Lipinski definition) is 8. The van der Waals surface area contributed by atoms with Gasteiger partial charge in [0.25, 0.3) is 0 Å². The van der Waals surface area contributed by atoms with E-state index in [9.17, 15) is 29.4 Å². The van der Waals surface area contributed by atoms with E-state index in [4.69, 9.17) is 27.5 Å². The van der Waals surface area contributed by atoms with Crippen LogP contribution in [0.5, 0.6) is 0 Å². The second-order valence-electron chi connectivity index (χ2n) is 14.4. The summed E-state index contributed by atoms with van der Waals surface area (Å²) in [5.41, 5.74) is 6.28. The van der Waals surface area contributed by atoms with Crippen molar-refractivity contribution >= 4 is 41.0 Å². The molecule has 14 heteroatoms. The molecule has 1 aromatic rings. The molecule has 0 radical (unpaired) electrons. The molecular weight excluding hydrogens is 644 g/mol. The fourth-order valence-corrected chi connectivity index (χ4v) is 8.42. The minimum absolute atomic E-state index is 0.